The van der Waals surface area contributed by atoms with Gasteiger partial charge in [-0.05, 0) is 19.1 Å². The Morgan fingerprint density at radius 3 is 2.53 bits per heavy atom. The molecule has 2 aromatic rings. The number of nitrogens with one attached hydrogen (secondary N) is 2. The van der Waals surface area contributed by atoms with E-state index in [9.17, 15) is 8.78 Å². The third-order valence-electron chi connectivity index (χ3n) is 2.21. The quantitative estimate of drug-likeness (QED) is 0.656. The molecule has 7 heteroatoms. The third-order valence-corrected chi connectivity index (χ3v) is 2.21. The lowest BCUT2D eigenvalue weighted by Gasteiger charge is -2.08. The summed E-state index contributed by atoms with van der Waals surface area (Å²) in [6, 6.07) is 4.90. The van der Waals surface area contributed by atoms with Crippen molar-refractivity contribution in [3.8, 4) is 6.19 Å². The topological polar surface area (TPSA) is 73.6 Å². The molecule has 0 atom stereocenters. The van der Waals surface area contributed by atoms with Gasteiger partial charge in [-0.2, -0.15) is 5.26 Å². The molecule has 0 aliphatic carbocycles. The Morgan fingerprint density at radius 2 is 1.84 bits per heavy atom. The summed E-state index contributed by atoms with van der Waals surface area (Å²) in [5, 5.41) is 13.7. The van der Waals surface area contributed by atoms with Gasteiger partial charge in [0, 0.05) is 17.8 Å². The standard InChI is InChI=1S/C12H9F2N5/c1-7-17-11(16-6-15)5-12(18-7)19-8-2-3-9(13)10(14)4-8/h2-5H,1H3,(H2,16,17,18,19). The van der Waals surface area contributed by atoms with Crippen molar-refractivity contribution in [3.05, 3.63) is 41.7 Å². The number of rotatable bonds is 3. The Morgan fingerprint density at radius 1 is 1.11 bits per heavy atom. The molecule has 0 unspecified atom stereocenters. The van der Waals surface area contributed by atoms with Crippen LogP contribution in [0.1, 0.15) is 5.82 Å². The zero-order valence-electron chi connectivity index (χ0n) is 9.91. The molecule has 19 heavy (non-hydrogen) atoms. The maximum Gasteiger partial charge on any atom is 0.182 e. The number of nitrogens with zero attached hydrogens (tertiary/aromatic N) is 3. The molecule has 1 aromatic heterocycles. The minimum Gasteiger partial charge on any atom is -0.340 e. The van der Waals surface area contributed by atoms with E-state index in [1.165, 1.54) is 12.1 Å². The molecular weight excluding hydrogens is 252 g/mol. The van der Waals surface area contributed by atoms with Gasteiger partial charge in [-0.25, -0.2) is 18.7 Å². The molecule has 2 N–H and O–H groups in total. The van der Waals surface area contributed by atoms with E-state index in [0.29, 0.717) is 23.1 Å². The van der Waals surface area contributed by atoms with Crippen LogP contribution in [0.15, 0.2) is 24.3 Å². The van der Waals surface area contributed by atoms with Gasteiger partial charge in [-0.1, -0.05) is 0 Å². The average Bonchev–Trinajstić information content (AvgIpc) is 2.33. The number of halogens is 2. The largest absolute Gasteiger partial charge is 0.340 e. The van der Waals surface area contributed by atoms with Gasteiger partial charge in [0.05, 0.1) is 0 Å². The normalized spacial score (nSPS) is 9.79. The first-order chi connectivity index (χ1) is 9.08. The van der Waals surface area contributed by atoms with Gasteiger partial charge in [0.1, 0.15) is 17.5 Å². The van der Waals surface area contributed by atoms with Crippen molar-refractivity contribution in [1.29, 1.82) is 5.26 Å². The average molecular weight is 261 g/mol. The first-order valence-electron chi connectivity index (χ1n) is 5.31. The number of benzene rings is 1. The molecule has 2 rings (SSSR count). The second-order valence-corrected chi connectivity index (χ2v) is 3.68. The number of hydrogen-bond acceptors (Lipinski definition) is 5. The molecule has 96 valence electrons. The second kappa shape index (κ2) is 5.27. The van der Waals surface area contributed by atoms with Crippen molar-refractivity contribution in [2.75, 3.05) is 10.6 Å². The molecule has 0 amide bonds. The first kappa shape index (κ1) is 12.7. The molecule has 0 fully saturated rings. The summed E-state index contributed by atoms with van der Waals surface area (Å²) in [6.45, 7) is 1.65. The molecule has 1 aromatic carbocycles. The lowest BCUT2D eigenvalue weighted by Crippen LogP contribution is -2.01. The van der Waals surface area contributed by atoms with Gasteiger partial charge in [0.25, 0.3) is 0 Å². The molecule has 0 saturated carbocycles. The number of hydrogen-bond donors (Lipinski definition) is 2. The van der Waals surface area contributed by atoms with Crippen LogP contribution in [0, 0.1) is 30.0 Å². The molecule has 0 aliphatic heterocycles. The number of anilines is 3. The summed E-state index contributed by atoms with van der Waals surface area (Å²) in [5.41, 5.74) is 0.347. The Balaban J connectivity index is 2.27. The van der Waals surface area contributed by atoms with Crippen LogP contribution >= 0.6 is 0 Å². The summed E-state index contributed by atoms with van der Waals surface area (Å²) in [7, 11) is 0. The van der Waals surface area contributed by atoms with Crippen LogP contribution in [-0.2, 0) is 0 Å². The molecular formula is C12H9F2N5. The van der Waals surface area contributed by atoms with E-state index in [1.807, 2.05) is 0 Å². The maximum absolute atomic E-state index is 13.1. The van der Waals surface area contributed by atoms with E-state index in [4.69, 9.17) is 5.26 Å². The van der Waals surface area contributed by atoms with Crippen molar-refractivity contribution in [2.45, 2.75) is 6.92 Å². The van der Waals surface area contributed by atoms with E-state index in [0.717, 1.165) is 12.1 Å². The fraction of sp³-hybridized carbons (Fsp3) is 0.0833. The van der Waals surface area contributed by atoms with Crippen molar-refractivity contribution in [3.63, 3.8) is 0 Å². The highest BCUT2D eigenvalue weighted by Crippen LogP contribution is 2.19. The number of aromatic nitrogens is 2. The van der Waals surface area contributed by atoms with E-state index in [1.54, 1.807) is 13.1 Å². The minimum absolute atomic E-state index is 0.320. The van der Waals surface area contributed by atoms with Crippen LogP contribution in [0.2, 0.25) is 0 Å². The highest BCUT2D eigenvalue weighted by Gasteiger charge is 2.05. The van der Waals surface area contributed by atoms with Gasteiger partial charge < -0.3 is 5.32 Å². The number of aryl methyl sites for hydroxylation is 1. The van der Waals surface area contributed by atoms with Gasteiger partial charge in [0.15, 0.2) is 17.8 Å². The van der Waals surface area contributed by atoms with Gasteiger partial charge >= 0.3 is 0 Å². The van der Waals surface area contributed by atoms with Crippen LogP contribution in [0.4, 0.5) is 26.1 Å². The molecule has 0 bridgehead atoms. The summed E-state index contributed by atoms with van der Waals surface area (Å²) in [6.07, 6.45) is 1.74. The van der Waals surface area contributed by atoms with Crippen molar-refractivity contribution in [2.24, 2.45) is 0 Å². The molecule has 0 saturated heterocycles. The van der Waals surface area contributed by atoms with Gasteiger partial charge in [0.2, 0.25) is 0 Å². The highest BCUT2D eigenvalue weighted by atomic mass is 19.2. The van der Waals surface area contributed by atoms with Crippen LogP contribution < -0.4 is 10.6 Å². The molecule has 0 aliphatic rings. The van der Waals surface area contributed by atoms with E-state index in [-0.39, 0.29) is 0 Å². The molecule has 1 heterocycles. The lowest BCUT2D eigenvalue weighted by molar-refractivity contribution is 0.509. The Kier molecular flexibility index (Phi) is 3.52. The summed E-state index contributed by atoms with van der Waals surface area (Å²) in [5.74, 6) is -0.746. The Hall–Kier alpha value is -2.75. The molecule has 5 nitrogen and oxygen atoms in total. The van der Waals surface area contributed by atoms with Crippen molar-refractivity contribution in [1.82, 2.24) is 9.97 Å². The van der Waals surface area contributed by atoms with Crippen molar-refractivity contribution < 1.29 is 8.78 Å². The van der Waals surface area contributed by atoms with Crippen molar-refractivity contribution >= 4 is 17.3 Å². The smallest absolute Gasteiger partial charge is 0.182 e. The van der Waals surface area contributed by atoms with Crippen LogP contribution in [0.25, 0.3) is 0 Å². The summed E-state index contributed by atoms with van der Waals surface area (Å²) >= 11 is 0. The predicted octanol–water partition coefficient (Wildman–Crippen LogP) is 2.70. The lowest BCUT2D eigenvalue weighted by atomic mass is 10.3. The molecule has 0 spiro atoms. The van der Waals surface area contributed by atoms with Crippen LogP contribution in [0.5, 0.6) is 0 Å². The Bertz CT molecular complexity index is 651. The van der Waals surface area contributed by atoms with Gasteiger partial charge in [-0.15, -0.1) is 0 Å². The summed E-state index contributed by atoms with van der Waals surface area (Å²) in [4.78, 5) is 8.05. The van der Waals surface area contributed by atoms with E-state index in [2.05, 4.69) is 20.6 Å². The van der Waals surface area contributed by atoms with Crippen LogP contribution in [-0.4, -0.2) is 9.97 Å². The highest BCUT2D eigenvalue weighted by molar-refractivity contribution is 5.59. The Labute approximate surface area is 107 Å². The SMILES string of the molecule is Cc1nc(NC#N)cc(Nc2ccc(F)c(F)c2)n1. The predicted molar refractivity (Wildman–Crippen MR) is 65.6 cm³/mol. The van der Waals surface area contributed by atoms with Crippen LogP contribution in [0.3, 0.4) is 0 Å². The summed E-state index contributed by atoms with van der Waals surface area (Å²) < 4.78 is 25.8. The zero-order chi connectivity index (χ0) is 13.8. The monoisotopic (exact) mass is 261 g/mol. The van der Waals surface area contributed by atoms with E-state index >= 15 is 0 Å². The number of nitriles is 1. The van der Waals surface area contributed by atoms with Gasteiger partial charge in [-0.3, -0.25) is 5.32 Å². The minimum atomic E-state index is -0.953. The maximum atomic E-state index is 13.1. The second-order valence-electron chi connectivity index (χ2n) is 3.68. The third kappa shape index (κ3) is 3.13. The molecule has 0 radical (unpaired) electrons. The fourth-order valence-electron chi connectivity index (χ4n) is 1.47. The first-order valence-corrected chi connectivity index (χ1v) is 5.31. The van der Waals surface area contributed by atoms with E-state index < -0.39 is 11.6 Å². The fourth-order valence-corrected chi connectivity index (χ4v) is 1.47. The zero-order valence-corrected chi connectivity index (χ0v) is 9.91.